The standard InChI is InChI=1S/C13H15N3O3/c1-8(17)14-10(9-6-4-3-5-7-9)13(2)11(18)15-12(19)16-13/h3-7,10H,1-2H3,(H,14,17)(H2,15,16,18,19)/t10-,13+/m0/s1. The lowest BCUT2D eigenvalue weighted by atomic mass is 9.87. The van der Waals surface area contributed by atoms with Crippen LogP contribution in [0.25, 0.3) is 0 Å². The van der Waals surface area contributed by atoms with E-state index in [1.165, 1.54) is 6.92 Å². The van der Waals surface area contributed by atoms with Crippen LogP contribution in [0, 0.1) is 0 Å². The fourth-order valence-corrected chi connectivity index (χ4v) is 2.17. The molecule has 100 valence electrons. The van der Waals surface area contributed by atoms with Gasteiger partial charge in [0.15, 0.2) is 0 Å². The summed E-state index contributed by atoms with van der Waals surface area (Å²) in [5.74, 6) is -0.732. The van der Waals surface area contributed by atoms with Crippen molar-refractivity contribution >= 4 is 17.8 Å². The number of carbonyl (C=O) groups is 3. The van der Waals surface area contributed by atoms with Gasteiger partial charge in [0.1, 0.15) is 5.54 Å². The summed E-state index contributed by atoms with van der Waals surface area (Å²) in [5.41, 5.74) is -0.457. The predicted octanol–water partition coefficient (Wildman–Crippen LogP) is 0.462. The van der Waals surface area contributed by atoms with Crippen LogP contribution < -0.4 is 16.0 Å². The number of rotatable bonds is 3. The third kappa shape index (κ3) is 2.42. The summed E-state index contributed by atoms with van der Waals surface area (Å²) in [6.45, 7) is 2.95. The molecule has 0 spiro atoms. The lowest BCUT2D eigenvalue weighted by Gasteiger charge is -2.32. The van der Waals surface area contributed by atoms with Gasteiger partial charge in [-0.1, -0.05) is 30.3 Å². The Morgan fingerprint density at radius 1 is 1.26 bits per heavy atom. The topological polar surface area (TPSA) is 87.3 Å². The predicted molar refractivity (Wildman–Crippen MR) is 68.1 cm³/mol. The number of urea groups is 1. The molecule has 0 radical (unpaired) electrons. The highest BCUT2D eigenvalue weighted by Crippen LogP contribution is 2.28. The maximum absolute atomic E-state index is 12.0. The minimum Gasteiger partial charge on any atom is -0.347 e. The van der Waals surface area contributed by atoms with Crippen LogP contribution in [0.2, 0.25) is 0 Å². The molecule has 6 heteroatoms. The number of imide groups is 1. The van der Waals surface area contributed by atoms with E-state index in [9.17, 15) is 14.4 Å². The summed E-state index contributed by atoms with van der Waals surface area (Å²) in [7, 11) is 0. The van der Waals surface area contributed by atoms with E-state index >= 15 is 0 Å². The molecule has 0 unspecified atom stereocenters. The van der Waals surface area contributed by atoms with E-state index in [1.807, 2.05) is 18.2 Å². The van der Waals surface area contributed by atoms with Crippen LogP contribution in [0.1, 0.15) is 25.5 Å². The van der Waals surface area contributed by atoms with Gasteiger partial charge in [0.2, 0.25) is 5.91 Å². The fourth-order valence-electron chi connectivity index (χ4n) is 2.17. The van der Waals surface area contributed by atoms with Gasteiger partial charge in [-0.3, -0.25) is 14.9 Å². The molecule has 19 heavy (non-hydrogen) atoms. The number of nitrogens with one attached hydrogen (secondary N) is 3. The quantitative estimate of drug-likeness (QED) is 0.691. The van der Waals surface area contributed by atoms with Crippen LogP contribution >= 0.6 is 0 Å². The van der Waals surface area contributed by atoms with Crippen LogP contribution in [-0.4, -0.2) is 23.4 Å². The second-order valence-corrected chi connectivity index (χ2v) is 4.65. The summed E-state index contributed by atoms with van der Waals surface area (Å²) >= 11 is 0. The minimum atomic E-state index is -1.20. The van der Waals surface area contributed by atoms with Crippen LogP contribution in [0.3, 0.4) is 0 Å². The number of hydrogen-bond donors (Lipinski definition) is 3. The molecule has 6 nitrogen and oxygen atoms in total. The van der Waals surface area contributed by atoms with Gasteiger partial charge < -0.3 is 10.6 Å². The molecule has 3 N–H and O–H groups in total. The van der Waals surface area contributed by atoms with Crippen molar-refractivity contribution in [3.05, 3.63) is 35.9 Å². The summed E-state index contributed by atoms with van der Waals surface area (Å²) in [6.07, 6.45) is 0. The molecule has 1 heterocycles. The van der Waals surface area contributed by atoms with E-state index < -0.39 is 23.5 Å². The zero-order valence-electron chi connectivity index (χ0n) is 10.7. The average molecular weight is 261 g/mol. The maximum atomic E-state index is 12.0. The molecule has 1 aromatic rings. The van der Waals surface area contributed by atoms with Gasteiger partial charge in [0.05, 0.1) is 6.04 Å². The van der Waals surface area contributed by atoms with Crippen LogP contribution in [0.5, 0.6) is 0 Å². The van der Waals surface area contributed by atoms with Crippen molar-refractivity contribution in [2.75, 3.05) is 0 Å². The van der Waals surface area contributed by atoms with Gasteiger partial charge in [-0.15, -0.1) is 0 Å². The zero-order chi connectivity index (χ0) is 14.0. The molecule has 1 fully saturated rings. The first-order valence-corrected chi connectivity index (χ1v) is 5.89. The molecule has 0 bridgehead atoms. The average Bonchev–Trinajstić information content (AvgIpc) is 2.61. The van der Waals surface area contributed by atoms with E-state index in [2.05, 4.69) is 16.0 Å². The third-order valence-corrected chi connectivity index (χ3v) is 3.13. The highest BCUT2D eigenvalue weighted by atomic mass is 16.2. The van der Waals surface area contributed by atoms with Gasteiger partial charge in [0, 0.05) is 6.92 Å². The Morgan fingerprint density at radius 2 is 1.89 bits per heavy atom. The summed E-state index contributed by atoms with van der Waals surface area (Å²) in [6, 6.07) is 7.86. The smallest absolute Gasteiger partial charge is 0.322 e. The molecule has 4 amide bonds. The second kappa shape index (κ2) is 4.72. The molecule has 1 aliphatic rings. The van der Waals surface area contributed by atoms with Crippen molar-refractivity contribution in [2.45, 2.75) is 25.4 Å². The first kappa shape index (κ1) is 13.1. The number of hydrogen-bond acceptors (Lipinski definition) is 3. The van der Waals surface area contributed by atoms with Crippen LogP contribution in [0.4, 0.5) is 4.79 Å². The Balaban J connectivity index is 2.41. The number of carbonyl (C=O) groups excluding carboxylic acids is 3. The maximum Gasteiger partial charge on any atom is 0.322 e. The Kier molecular flexibility index (Phi) is 3.25. The molecule has 1 aliphatic heterocycles. The van der Waals surface area contributed by atoms with Crippen molar-refractivity contribution in [1.29, 1.82) is 0 Å². The van der Waals surface area contributed by atoms with Crippen molar-refractivity contribution in [2.24, 2.45) is 0 Å². The molecule has 0 aromatic heterocycles. The zero-order valence-corrected chi connectivity index (χ0v) is 10.7. The van der Waals surface area contributed by atoms with E-state index in [1.54, 1.807) is 19.1 Å². The Bertz CT molecular complexity index is 529. The first-order chi connectivity index (χ1) is 8.93. The van der Waals surface area contributed by atoms with Gasteiger partial charge in [0.25, 0.3) is 5.91 Å². The van der Waals surface area contributed by atoms with Crippen molar-refractivity contribution in [3.63, 3.8) is 0 Å². The van der Waals surface area contributed by atoms with Gasteiger partial charge in [-0.2, -0.15) is 0 Å². The summed E-state index contributed by atoms with van der Waals surface area (Å²) in [5, 5.41) is 7.48. The molecular weight excluding hydrogens is 246 g/mol. The summed E-state index contributed by atoms with van der Waals surface area (Å²) in [4.78, 5) is 34.7. The molecule has 1 aromatic carbocycles. The van der Waals surface area contributed by atoms with Crippen molar-refractivity contribution < 1.29 is 14.4 Å². The minimum absolute atomic E-state index is 0.274. The molecule has 2 rings (SSSR count). The molecule has 0 saturated carbocycles. The normalized spacial score (nSPS) is 23.5. The Morgan fingerprint density at radius 3 is 2.37 bits per heavy atom. The molecule has 2 atom stereocenters. The second-order valence-electron chi connectivity index (χ2n) is 4.65. The van der Waals surface area contributed by atoms with Crippen molar-refractivity contribution in [3.8, 4) is 0 Å². The van der Waals surface area contributed by atoms with E-state index in [0.717, 1.165) is 5.56 Å². The Labute approximate surface area is 110 Å². The third-order valence-electron chi connectivity index (χ3n) is 3.13. The van der Waals surface area contributed by atoms with E-state index in [0.29, 0.717) is 0 Å². The Hall–Kier alpha value is -2.37. The van der Waals surface area contributed by atoms with Crippen LogP contribution in [0.15, 0.2) is 30.3 Å². The highest BCUT2D eigenvalue weighted by molar-refractivity contribution is 6.07. The van der Waals surface area contributed by atoms with Gasteiger partial charge in [-0.05, 0) is 12.5 Å². The first-order valence-electron chi connectivity index (χ1n) is 5.89. The largest absolute Gasteiger partial charge is 0.347 e. The molecular formula is C13H15N3O3. The van der Waals surface area contributed by atoms with Gasteiger partial charge in [-0.25, -0.2) is 4.79 Å². The fraction of sp³-hybridized carbons (Fsp3) is 0.308. The molecule has 0 aliphatic carbocycles. The van der Waals surface area contributed by atoms with Crippen molar-refractivity contribution in [1.82, 2.24) is 16.0 Å². The molecule has 1 saturated heterocycles. The number of amides is 4. The van der Waals surface area contributed by atoms with E-state index in [-0.39, 0.29) is 5.91 Å². The number of benzene rings is 1. The lowest BCUT2D eigenvalue weighted by Crippen LogP contribution is -2.54. The monoisotopic (exact) mass is 261 g/mol. The highest BCUT2D eigenvalue weighted by Gasteiger charge is 2.49. The lowest BCUT2D eigenvalue weighted by molar-refractivity contribution is -0.126. The van der Waals surface area contributed by atoms with Gasteiger partial charge >= 0.3 is 6.03 Å². The van der Waals surface area contributed by atoms with E-state index in [4.69, 9.17) is 0 Å². The summed E-state index contributed by atoms with van der Waals surface area (Å²) < 4.78 is 0. The van der Waals surface area contributed by atoms with Crippen LogP contribution in [-0.2, 0) is 9.59 Å². The SMILES string of the molecule is CC(=O)N[C@@H](c1ccccc1)[C@@]1(C)NC(=O)NC1=O.